The fourth-order valence-electron chi connectivity index (χ4n) is 1.99. The number of aryl methyl sites for hydroxylation is 2. The molecule has 0 aliphatic heterocycles. The standard InChI is InChI=1S/C14H11ClN2O/c1-9-8-17(2)14(18)12(7-16)13(9)10-3-5-11(15)6-4-10/h3-6,8H,1-2H3. The Morgan fingerprint density at radius 1 is 1.28 bits per heavy atom. The van der Waals surface area contributed by atoms with E-state index in [1.54, 1.807) is 25.4 Å². The second kappa shape index (κ2) is 4.67. The Kier molecular flexibility index (Phi) is 3.22. The number of nitrogens with zero attached hydrogens (tertiary/aromatic N) is 2. The van der Waals surface area contributed by atoms with Gasteiger partial charge in [-0.25, -0.2) is 0 Å². The number of aromatic nitrogens is 1. The summed E-state index contributed by atoms with van der Waals surface area (Å²) in [7, 11) is 1.64. The van der Waals surface area contributed by atoms with Crippen LogP contribution in [-0.4, -0.2) is 4.57 Å². The molecule has 0 unspecified atom stereocenters. The van der Waals surface area contributed by atoms with Gasteiger partial charge in [-0.1, -0.05) is 23.7 Å². The molecule has 0 fully saturated rings. The summed E-state index contributed by atoms with van der Waals surface area (Å²) in [6.45, 7) is 1.88. The van der Waals surface area contributed by atoms with E-state index in [-0.39, 0.29) is 11.1 Å². The van der Waals surface area contributed by atoms with Gasteiger partial charge in [-0.15, -0.1) is 0 Å². The average molecular weight is 259 g/mol. The molecule has 0 bridgehead atoms. The number of nitriles is 1. The molecule has 3 nitrogen and oxygen atoms in total. The van der Waals surface area contributed by atoms with Crippen LogP contribution in [0.2, 0.25) is 5.02 Å². The molecule has 1 heterocycles. The van der Waals surface area contributed by atoms with Crippen LogP contribution in [0.5, 0.6) is 0 Å². The van der Waals surface area contributed by atoms with Gasteiger partial charge >= 0.3 is 0 Å². The van der Waals surface area contributed by atoms with Gasteiger partial charge in [0.2, 0.25) is 0 Å². The fraction of sp³-hybridized carbons (Fsp3) is 0.143. The van der Waals surface area contributed by atoms with Crippen molar-refractivity contribution in [2.75, 3.05) is 0 Å². The average Bonchev–Trinajstić information content (AvgIpc) is 2.35. The van der Waals surface area contributed by atoms with E-state index in [0.717, 1.165) is 11.1 Å². The maximum atomic E-state index is 11.9. The number of hydrogen-bond acceptors (Lipinski definition) is 2. The second-order valence-electron chi connectivity index (χ2n) is 4.10. The van der Waals surface area contributed by atoms with E-state index in [9.17, 15) is 10.1 Å². The Morgan fingerprint density at radius 3 is 2.44 bits per heavy atom. The molecular weight excluding hydrogens is 248 g/mol. The predicted octanol–water partition coefficient (Wildman–Crippen LogP) is 2.89. The first-order valence-corrected chi connectivity index (χ1v) is 5.78. The summed E-state index contributed by atoms with van der Waals surface area (Å²) < 4.78 is 1.42. The monoisotopic (exact) mass is 258 g/mol. The molecule has 2 aromatic rings. The highest BCUT2D eigenvalue weighted by atomic mass is 35.5. The van der Waals surface area contributed by atoms with Crippen molar-refractivity contribution in [3.05, 3.63) is 57.0 Å². The Labute approximate surface area is 110 Å². The molecule has 18 heavy (non-hydrogen) atoms. The van der Waals surface area contributed by atoms with Crippen LogP contribution in [-0.2, 0) is 7.05 Å². The third kappa shape index (κ3) is 2.03. The van der Waals surface area contributed by atoms with Crippen LogP contribution in [0.3, 0.4) is 0 Å². The molecule has 2 rings (SSSR count). The molecule has 0 spiro atoms. The van der Waals surface area contributed by atoms with Crippen LogP contribution < -0.4 is 5.56 Å². The quantitative estimate of drug-likeness (QED) is 0.790. The van der Waals surface area contributed by atoms with Crippen LogP contribution in [0.15, 0.2) is 35.3 Å². The lowest BCUT2D eigenvalue weighted by Crippen LogP contribution is -2.20. The van der Waals surface area contributed by atoms with Crippen molar-refractivity contribution in [1.29, 1.82) is 5.26 Å². The van der Waals surface area contributed by atoms with Gasteiger partial charge in [-0.2, -0.15) is 5.26 Å². The van der Waals surface area contributed by atoms with Crippen LogP contribution in [0.25, 0.3) is 11.1 Å². The minimum atomic E-state index is -0.284. The van der Waals surface area contributed by atoms with E-state index in [4.69, 9.17) is 11.6 Å². The normalized spacial score (nSPS) is 10.1. The number of halogens is 1. The minimum absolute atomic E-state index is 0.167. The fourth-order valence-corrected chi connectivity index (χ4v) is 2.11. The van der Waals surface area contributed by atoms with Crippen LogP contribution >= 0.6 is 11.6 Å². The zero-order valence-corrected chi connectivity index (χ0v) is 10.8. The molecular formula is C14H11ClN2O. The highest BCUT2D eigenvalue weighted by Gasteiger charge is 2.13. The first-order valence-electron chi connectivity index (χ1n) is 5.41. The van der Waals surface area contributed by atoms with Crippen molar-refractivity contribution in [1.82, 2.24) is 4.57 Å². The number of rotatable bonds is 1. The van der Waals surface area contributed by atoms with Crippen molar-refractivity contribution in [3.8, 4) is 17.2 Å². The lowest BCUT2D eigenvalue weighted by Gasteiger charge is -2.10. The molecule has 1 aromatic heterocycles. The number of pyridine rings is 1. The van der Waals surface area contributed by atoms with Gasteiger partial charge in [0.1, 0.15) is 11.6 Å². The van der Waals surface area contributed by atoms with Crippen molar-refractivity contribution < 1.29 is 0 Å². The SMILES string of the molecule is Cc1cn(C)c(=O)c(C#N)c1-c1ccc(Cl)cc1. The van der Waals surface area contributed by atoms with Gasteiger partial charge in [0.05, 0.1) is 0 Å². The summed E-state index contributed by atoms with van der Waals surface area (Å²) in [4.78, 5) is 11.9. The molecule has 0 N–H and O–H groups in total. The van der Waals surface area contributed by atoms with E-state index < -0.39 is 0 Å². The summed E-state index contributed by atoms with van der Waals surface area (Å²) >= 11 is 5.84. The molecule has 0 aliphatic carbocycles. The Bertz CT molecular complexity index is 693. The third-order valence-electron chi connectivity index (χ3n) is 2.81. The van der Waals surface area contributed by atoms with Crippen LogP contribution in [0, 0.1) is 18.3 Å². The molecule has 90 valence electrons. The van der Waals surface area contributed by atoms with Crippen molar-refractivity contribution in [2.45, 2.75) is 6.92 Å². The molecule has 0 amide bonds. The summed E-state index contributed by atoms with van der Waals surface area (Å²) in [5.74, 6) is 0. The molecule has 1 aromatic carbocycles. The van der Waals surface area contributed by atoms with Crippen LogP contribution in [0.4, 0.5) is 0 Å². The molecule has 0 radical (unpaired) electrons. The van der Waals surface area contributed by atoms with Crippen LogP contribution in [0.1, 0.15) is 11.1 Å². The third-order valence-corrected chi connectivity index (χ3v) is 3.06. The number of benzene rings is 1. The zero-order valence-electron chi connectivity index (χ0n) is 10.1. The molecule has 4 heteroatoms. The maximum absolute atomic E-state index is 11.9. The van der Waals surface area contributed by atoms with Gasteiger partial charge in [0.15, 0.2) is 0 Å². The summed E-state index contributed by atoms with van der Waals surface area (Å²) in [6.07, 6.45) is 1.73. The van der Waals surface area contributed by atoms with Gasteiger partial charge in [-0.3, -0.25) is 4.79 Å². The van der Waals surface area contributed by atoms with E-state index in [2.05, 4.69) is 0 Å². The van der Waals surface area contributed by atoms with Gasteiger partial charge in [-0.05, 0) is 30.2 Å². The van der Waals surface area contributed by atoms with Crippen molar-refractivity contribution in [2.24, 2.45) is 7.05 Å². The minimum Gasteiger partial charge on any atom is -0.317 e. The maximum Gasteiger partial charge on any atom is 0.268 e. The van der Waals surface area contributed by atoms with E-state index in [0.29, 0.717) is 10.6 Å². The first kappa shape index (κ1) is 12.4. The Morgan fingerprint density at radius 2 is 1.89 bits per heavy atom. The highest BCUT2D eigenvalue weighted by molar-refractivity contribution is 6.30. The van der Waals surface area contributed by atoms with E-state index in [1.165, 1.54) is 4.57 Å². The molecule has 0 saturated carbocycles. The largest absolute Gasteiger partial charge is 0.317 e. The van der Waals surface area contributed by atoms with Gasteiger partial charge < -0.3 is 4.57 Å². The zero-order chi connectivity index (χ0) is 13.3. The predicted molar refractivity (Wildman–Crippen MR) is 71.6 cm³/mol. The molecule has 0 saturated heterocycles. The second-order valence-corrected chi connectivity index (χ2v) is 4.53. The summed E-state index contributed by atoms with van der Waals surface area (Å²) in [5.41, 5.74) is 2.27. The smallest absolute Gasteiger partial charge is 0.268 e. The molecule has 0 atom stereocenters. The van der Waals surface area contributed by atoms with E-state index >= 15 is 0 Å². The summed E-state index contributed by atoms with van der Waals surface area (Å²) in [6, 6.07) is 9.10. The lowest BCUT2D eigenvalue weighted by molar-refractivity contribution is 0.848. The van der Waals surface area contributed by atoms with Crippen molar-refractivity contribution >= 4 is 11.6 Å². The first-order chi connectivity index (χ1) is 8.54. The highest BCUT2D eigenvalue weighted by Crippen LogP contribution is 2.26. The summed E-state index contributed by atoms with van der Waals surface area (Å²) in [5, 5.41) is 9.80. The Hall–Kier alpha value is -2.05. The van der Waals surface area contributed by atoms with E-state index in [1.807, 2.05) is 25.1 Å². The topological polar surface area (TPSA) is 45.8 Å². The van der Waals surface area contributed by atoms with Gasteiger partial charge in [0.25, 0.3) is 5.56 Å². The van der Waals surface area contributed by atoms with Gasteiger partial charge in [0, 0.05) is 23.8 Å². The number of hydrogen-bond donors (Lipinski definition) is 0. The lowest BCUT2D eigenvalue weighted by atomic mass is 9.98. The van der Waals surface area contributed by atoms with Crippen molar-refractivity contribution in [3.63, 3.8) is 0 Å². The molecule has 0 aliphatic rings. The Balaban J connectivity index is 2.79.